The monoisotopic (exact) mass is 181 g/mol. The smallest absolute Gasteiger partial charge is 0.165 e. The number of nitrogen functional groups attached to an aromatic ring is 1. The molecule has 0 bridgehead atoms. The molecule has 2 heterocycles. The number of nitrogens with zero attached hydrogens (tertiary/aromatic N) is 4. The molecule has 5 heteroatoms. The molecule has 1 saturated heterocycles. The second-order valence-electron chi connectivity index (χ2n) is 3.46. The van der Waals surface area contributed by atoms with Crippen LogP contribution in [0, 0.1) is 0 Å². The number of rotatable bonds is 3. The largest absolute Gasteiger partial charge is 0.381 e. The van der Waals surface area contributed by atoms with E-state index >= 15 is 0 Å². The van der Waals surface area contributed by atoms with Gasteiger partial charge in [0.15, 0.2) is 5.82 Å². The van der Waals surface area contributed by atoms with E-state index in [9.17, 15) is 0 Å². The van der Waals surface area contributed by atoms with Gasteiger partial charge in [-0.2, -0.15) is 0 Å². The van der Waals surface area contributed by atoms with Crippen molar-refractivity contribution in [1.29, 1.82) is 0 Å². The Kier molecular flexibility index (Phi) is 2.44. The molecule has 0 spiro atoms. The number of hydrogen-bond acceptors (Lipinski definition) is 4. The third kappa shape index (κ3) is 2.18. The minimum absolute atomic E-state index is 0.501. The third-order valence-corrected chi connectivity index (χ3v) is 2.40. The summed E-state index contributed by atoms with van der Waals surface area (Å²) in [6.45, 7) is 4.40. The first-order valence-electron chi connectivity index (χ1n) is 4.72. The molecule has 1 aromatic rings. The molecule has 13 heavy (non-hydrogen) atoms. The summed E-state index contributed by atoms with van der Waals surface area (Å²) in [6.07, 6.45) is 4.44. The molecule has 0 amide bonds. The fourth-order valence-electron chi connectivity index (χ4n) is 1.67. The van der Waals surface area contributed by atoms with Crippen LogP contribution in [0.25, 0.3) is 0 Å². The summed E-state index contributed by atoms with van der Waals surface area (Å²) >= 11 is 0. The fraction of sp³-hybridized carbons (Fsp3) is 0.750. The molecule has 0 aromatic carbocycles. The van der Waals surface area contributed by atoms with Crippen LogP contribution in [0.4, 0.5) is 5.82 Å². The van der Waals surface area contributed by atoms with Crippen molar-refractivity contribution in [2.45, 2.75) is 19.4 Å². The average molecular weight is 181 g/mol. The van der Waals surface area contributed by atoms with Crippen molar-refractivity contribution in [3.63, 3.8) is 0 Å². The molecule has 0 radical (unpaired) electrons. The Morgan fingerprint density at radius 1 is 1.31 bits per heavy atom. The number of aromatic nitrogens is 3. The SMILES string of the molecule is Nc1cn(CCN2CCCC2)nn1. The Labute approximate surface area is 77.5 Å². The summed E-state index contributed by atoms with van der Waals surface area (Å²) in [7, 11) is 0. The predicted molar refractivity (Wildman–Crippen MR) is 50.1 cm³/mol. The van der Waals surface area contributed by atoms with E-state index in [0.29, 0.717) is 5.82 Å². The molecule has 5 nitrogen and oxygen atoms in total. The molecular formula is C8H15N5. The van der Waals surface area contributed by atoms with Crippen molar-refractivity contribution in [2.24, 2.45) is 0 Å². The summed E-state index contributed by atoms with van der Waals surface area (Å²) in [6, 6.07) is 0. The van der Waals surface area contributed by atoms with Crippen LogP contribution in [0.3, 0.4) is 0 Å². The van der Waals surface area contributed by atoms with Gasteiger partial charge >= 0.3 is 0 Å². The number of hydrogen-bond donors (Lipinski definition) is 1. The van der Waals surface area contributed by atoms with E-state index in [0.717, 1.165) is 13.1 Å². The van der Waals surface area contributed by atoms with E-state index in [1.165, 1.54) is 25.9 Å². The van der Waals surface area contributed by atoms with Gasteiger partial charge in [-0.25, -0.2) is 4.68 Å². The van der Waals surface area contributed by atoms with Crippen molar-refractivity contribution in [1.82, 2.24) is 19.9 Å². The van der Waals surface area contributed by atoms with Crippen molar-refractivity contribution in [2.75, 3.05) is 25.4 Å². The van der Waals surface area contributed by atoms with Gasteiger partial charge in [-0.3, -0.25) is 0 Å². The Hall–Kier alpha value is -1.10. The molecule has 2 N–H and O–H groups in total. The number of nitrogens with two attached hydrogens (primary N) is 1. The summed E-state index contributed by atoms with van der Waals surface area (Å²) in [5, 5.41) is 7.63. The zero-order valence-corrected chi connectivity index (χ0v) is 7.69. The molecule has 0 atom stereocenters. The van der Waals surface area contributed by atoms with Gasteiger partial charge in [0.25, 0.3) is 0 Å². The Morgan fingerprint density at radius 2 is 2.08 bits per heavy atom. The van der Waals surface area contributed by atoms with Crippen LogP contribution in [0.5, 0.6) is 0 Å². The first-order valence-corrected chi connectivity index (χ1v) is 4.72. The Morgan fingerprint density at radius 3 is 2.69 bits per heavy atom. The summed E-state index contributed by atoms with van der Waals surface area (Å²) < 4.78 is 1.80. The van der Waals surface area contributed by atoms with E-state index in [2.05, 4.69) is 15.2 Å². The topological polar surface area (TPSA) is 60.0 Å². The van der Waals surface area contributed by atoms with Gasteiger partial charge in [-0.1, -0.05) is 5.21 Å². The van der Waals surface area contributed by atoms with Crippen LogP contribution < -0.4 is 5.73 Å². The van der Waals surface area contributed by atoms with Gasteiger partial charge in [-0.15, -0.1) is 5.10 Å². The zero-order chi connectivity index (χ0) is 9.10. The first kappa shape index (κ1) is 8.50. The van der Waals surface area contributed by atoms with Gasteiger partial charge < -0.3 is 10.6 Å². The summed E-state index contributed by atoms with van der Waals surface area (Å²) in [4.78, 5) is 2.44. The highest BCUT2D eigenvalue weighted by Crippen LogP contribution is 2.06. The lowest BCUT2D eigenvalue weighted by atomic mass is 10.4. The lowest BCUT2D eigenvalue weighted by Gasteiger charge is -2.13. The molecule has 0 aliphatic carbocycles. The number of anilines is 1. The van der Waals surface area contributed by atoms with Crippen LogP contribution >= 0.6 is 0 Å². The maximum absolute atomic E-state index is 5.45. The lowest BCUT2D eigenvalue weighted by molar-refractivity contribution is 0.314. The fourth-order valence-corrected chi connectivity index (χ4v) is 1.67. The van der Waals surface area contributed by atoms with Crippen LogP contribution in [-0.4, -0.2) is 39.5 Å². The van der Waals surface area contributed by atoms with E-state index in [1.54, 1.807) is 10.9 Å². The maximum Gasteiger partial charge on any atom is 0.165 e. The minimum atomic E-state index is 0.501. The van der Waals surface area contributed by atoms with Crippen LogP contribution in [0.15, 0.2) is 6.20 Å². The van der Waals surface area contributed by atoms with Crippen LogP contribution in [0.2, 0.25) is 0 Å². The Balaban J connectivity index is 1.78. The van der Waals surface area contributed by atoms with Gasteiger partial charge in [0, 0.05) is 6.54 Å². The lowest BCUT2D eigenvalue weighted by Crippen LogP contribution is -2.24. The van der Waals surface area contributed by atoms with E-state index < -0.39 is 0 Å². The van der Waals surface area contributed by atoms with Gasteiger partial charge in [0.1, 0.15) is 0 Å². The highest BCUT2D eigenvalue weighted by atomic mass is 15.4. The van der Waals surface area contributed by atoms with Gasteiger partial charge in [0.05, 0.1) is 12.7 Å². The first-order chi connectivity index (χ1) is 6.34. The molecule has 0 saturated carbocycles. The quantitative estimate of drug-likeness (QED) is 0.710. The molecule has 0 unspecified atom stereocenters. The maximum atomic E-state index is 5.45. The van der Waals surface area contributed by atoms with Gasteiger partial charge in [0.2, 0.25) is 0 Å². The molecule has 72 valence electrons. The van der Waals surface area contributed by atoms with Crippen molar-refractivity contribution >= 4 is 5.82 Å². The normalized spacial score (nSPS) is 18.2. The van der Waals surface area contributed by atoms with E-state index in [4.69, 9.17) is 5.73 Å². The van der Waals surface area contributed by atoms with Crippen LogP contribution in [-0.2, 0) is 6.54 Å². The van der Waals surface area contributed by atoms with Crippen LogP contribution in [0.1, 0.15) is 12.8 Å². The third-order valence-electron chi connectivity index (χ3n) is 2.40. The molecular weight excluding hydrogens is 166 g/mol. The standard InChI is InChI=1S/C8H15N5/c9-8-7-13(11-10-8)6-5-12-3-1-2-4-12/h7H,1-6,9H2. The van der Waals surface area contributed by atoms with E-state index in [1.807, 2.05) is 0 Å². The minimum Gasteiger partial charge on any atom is -0.381 e. The predicted octanol–water partition coefficient (Wildman–Crippen LogP) is -0.0439. The Bertz CT molecular complexity index is 263. The summed E-state index contributed by atoms with van der Waals surface area (Å²) in [5.41, 5.74) is 5.45. The molecule has 2 rings (SSSR count). The molecule has 1 fully saturated rings. The second-order valence-corrected chi connectivity index (χ2v) is 3.46. The van der Waals surface area contributed by atoms with Gasteiger partial charge in [-0.05, 0) is 25.9 Å². The zero-order valence-electron chi connectivity index (χ0n) is 7.69. The molecule has 1 aliphatic heterocycles. The highest BCUT2D eigenvalue weighted by Gasteiger charge is 2.10. The highest BCUT2D eigenvalue weighted by molar-refractivity contribution is 5.19. The van der Waals surface area contributed by atoms with Crippen molar-refractivity contribution in [3.05, 3.63) is 6.20 Å². The number of likely N-dealkylation sites (tertiary alicyclic amines) is 1. The van der Waals surface area contributed by atoms with Crippen molar-refractivity contribution in [3.8, 4) is 0 Å². The molecule has 1 aliphatic rings. The average Bonchev–Trinajstić information content (AvgIpc) is 2.71. The summed E-state index contributed by atoms with van der Waals surface area (Å²) in [5.74, 6) is 0.501. The van der Waals surface area contributed by atoms with E-state index in [-0.39, 0.29) is 0 Å². The van der Waals surface area contributed by atoms with Crippen molar-refractivity contribution < 1.29 is 0 Å². The molecule has 1 aromatic heterocycles. The second kappa shape index (κ2) is 3.74.